The van der Waals surface area contributed by atoms with Crippen molar-refractivity contribution in [3.05, 3.63) is 29.8 Å². The molecule has 0 unspecified atom stereocenters. The Kier molecular flexibility index (Phi) is 5.42. The summed E-state index contributed by atoms with van der Waals surface area (Å²) in [6, 6.07) is 7.60. The van der Waals surface area contributed by atoms with Gasteiger partial charge >= 0.3 is 6.09 Å². The van der Waals surface area contributed by atoms with E-state index in [0.717, 1.165) is 5.69 Å². The minimum absolute atomic E-state index is 0.147. The predicted molar refractivity (Wildman–Crippen MR) is 98.9 cm³/mol. The summed E-state index contributed by atoms with van der Waals surface area (Å²) in [7, 11) is 4.06. The van der Waals surface area contributed by atoms with E-state index >= 15 is 0 Å². The van der Waals surface area contributed by atoms with Crippen LogP contribution in [-0.2, 0) is 4.79 Å². The molecule has 1 aromatic rings. The number of carbonyl (C=O) groups is 2. The molecule has 0 aromatic heterocycles. The standard InChI is InChI=1S/C19H29N3O3/c1-13(20(5)6)14-7-9-15(10-8-14)21-12-11-16(17(21)23)22(18(24)25)19(2,3)4/h7-10,13,16H,11-12H2,1-6H3,(H,24,25)/t13-,16-/m0/s1. The van der Waals surface area contributed by atoms with Crippen LogP contribution in [0.1, 0.15) is 45.7 Å². The monoisotopic (exact) mass is 347 g/mol. The maximum Gasteiger partial charge on any atom is 0.408 e. The number of rotatable bonds is 4. The number of anilines is 1. The molecule has 0 saturated carbocycles. The van der Waals surface area contributed by atoms with Gasteiger partial charge in [-0.05, 0) is 65.9 Å². The van der Waals surface area contributed by atoms with Gasteiger partial charge in [-0.15, -0.1) is 0 Å². The van der Waals surface area contributed by atoms with Crippen LogP contribution in [0.5, 0.6) is 0 Å². The van der Waals surface area contributed by atoms with Gasteiger partial charge in [0.2, 0.25) is 5.91 Å². The van der Waals surface area contributed by atoms with Gasteiger partial charge < -0.3 is 14.9 Å². The minimum atomic E-state index is -1.05. The van der Waals surface area contributed by atoms with E-state index in [1.165, 1.54) is 10.5 Å². The average molecular weight is 347 g/mol. The largest absolute Gasteiger partial charge is 0.465 e. The molecule has 0 spiro atoms. The van der Waals surface area contributed by atoms with Crippen molar-refractivity contribution in [1.82, 2.24) is 9.80 Å². The second-order valence-corrected chi connectivity index (χ2v) is 7.85. The highest BCUT2D eigenvalue weighted by Crippen LogP contribution is 2.29. The Hall–Kier alpha value is -2.08. The van der Waals surface area contributed by atoms with E-state index < -0.39 is 17.7 Å². The lowest BCUT2D eigenvalue weighted by Gasteiger charge is -2.36. The quantitative estimate of drug-likeness (QED) is 0.908. The predicted octanol–water partition coefficient (Wildman–Crippen LogP) is 3.19. The molecule has 1 aliphatic rings. The first-order valence-corrected chi connectivity index (χ1v) is 8.64. The summed E-state index contributed by atoms with van der Waals surface area (Å²) in [6.45, 7) is 8.10. The van der Waals surface area contributed by atoms with Crippen molar-refractivity contribution in [2.45, 2.75) is 51.7 Å². The lowest BCUT2D eigenvalue weighted by Crippen LogP contribution is -2.54. The molecular formula is C19H29N3O3. The molecule has 25 heavy (non-hydrogen) atoms. The SMILES string of the molecule is C[C@@H](c1ccc(N2CC[C@H](N(C(=O)O)C(C)(C)C)C2=O)cc1)N(C)C. The Morgan fingerprint density at radius 1 is 1.24 bits per heavy atom. The van der Waals surface area contributed by atoms with Gasteiger partial charge in [-0.2, -0.15) is 0 Å². The van der Waals surface area contributed by atoms with Gasteiger partial charge in [0.15, 0.2) is 0 Å². The number of amides is 2. The van der Waals surface area contributed by atoms with Gasteiger partial charge in [0, 0.05) is 23.8 Å². The average Bonchev–Trinajstić information content (AvgIpc) is 2.86. The third kappa shape index (κ3) is 3.95. The molecule has 1 fully saturated rings. The van der Waals surface area contributed by atoms with Crippen molar-refractivity contribution in [3.8, 4) is 0 Å². The molecule has 1 aliphatic heterocycles. The van der Waals surface area contributed by atoms with Gasteiger partial charge in [0.25, 0.3) is 0 Å². The van der Waals surface area contributed by atoms with Crippen LogP contribution in [0, 0.1) is 0 Å². The Bertz CT molecular complexity index is 634. The summed E-state index contributed by atoms with van der Waals surface area (Å²) in [4.78, 5) is 29.6. The van der Waals surface area contributed by atoms with Crippen LogP contribution >= 0.6 is 0 Å². The lowest BCUT2D eigenvalue weighted by atomic mass is 10.0. The third-order valence-corrected chi connectivity index (χ3v) is 4.88. The second-order valence-electron chi connectivity index (χ2n) is 7.85. The molecule has 0 radical (unpaired) electrons. The zero-order valence-electron chi connectivity index (χ0n) is 16.0. The van der Waals surface area contributed by atoms with Crippen molar-refractivity contribution in [3.63, 3.8) is 0 Å². The highest BCUT2D eigenvalue weighted by atomic mass is 16.4. The van der Waals surface area contributed by atoms with Crippen molar-refractivity contribution >= 4 is 17.7 Å². The van der Waals surface area contributed by atoms with E-state index in [2.05, 4.69) is 11.8 Å². The summed E-state index contributed by atoms with van der Waals surface area (Å²) in [5.74, 6) is -0.147. The number of carboxylic acid groups (broad SMARTS) is 1. The Morgan fingerprint density at radius 3 is 2.24 bits per heavy atom. The molecule has 1 N–H and O–H groups in total. The molecule has 1 aromatic carbocycles. The summed E-state index contributed by atoms with van der Waals surface area (Å²) >= 11 is 0. The molecule has 1 saturated heterocycles. The van der Waals surface area contributed by atoms with Crippen molar-refractivity contribution in [2.75, 3.05) is 25.5 Å². The van der Waals surface area contributed by atoms with Crippen LogP contribution in [0.15, 0.2) is 24.3 Å². The molecule has 2 amide bonds. The normalized spacial score (nSPS) is 19.4. The van der Waals surface area contributed by atoms with Crippen molar-refractivity contribution < 1.29 is 14.7 Å². The maximum absolute atomic E-state index is 12.8. The molecule has 2 rings (SSSR count). The van der Waals surface area contributed by atoms with Crippen molar-refractivity contribution in [2.24, 2.45) is 0 Å². The number of hydrogen-bond acceptors (Lipinski definition) is 3. The van der Waals surface area contributed by atoms with Gasteiger partial charge in [0.05, 0.1) is 0 Å². The molecule has 1 heterocycles. The number of hydrogen-bond donors (Lipinski definition) is 1. The van der Waals surface area contributed by atoms with E-state index in [9.17, 15) is 14.7 Å². The zero-order chi connectivity index (χ0) is 18.9. The first-order chi connectivity index (χ1) is 11.5. The summed E-state index contributed by atoms with van der Waals surface area (Å²) in [5.41, 5.74) is 1.38. The molecule has 0 aliphatic carbocycles. The van der Waals surface area contributed by atoms with E-state index in [0.29, 0.717) is 19.0 Å². The molecular weight excluding hydrogens is 318 g/mol. The first kappa shape index (κ1) is 19.2. The lowest BCUT2D eigenvalue weighted by molar-refractivity contribution is -0.122. The van der Waals surface area contributed by atoms with Gasteiger partial charge in [-0.3, -0.25) is 9.69 Å². The fourth-order valence-corrected chi connectivity index (χ4v) is 3.28. The van der Waals surface area contributed by atoms with Gasteiger partial charge in [-0.25, -0.2) is 4.79 Å². The Labute approximate surface area is 150 Å². The topological polar surface area (TPSA) is 64.1 Å². The van der Waals surface area contributed by atoms with Crippen molar-refractivity contribution in [1.29, 1.82) is 0 Å². The van der Waals surface area contributed by atoms with E-state index in [-0.39, 0.29) is 5.91 Å². The first-order valence-electron chi connectivity index (χ1n) is 8.64. The maximum atomic E-state index is 12.8. The molecule has 138 valence electrons. The van der Waals surface area contributed by atoms with E-state index in [1.54, 1.807) is 4.90 Å². The Morgan fingerprint density at radius 2 is 1.80 bits per heavy atom. The summed E-state index contributed by atoms with van der Waals surface area (Å²) < 4.78 is 0. The molecule has 2 atom stereocenters. The minimum Gasteiger partial charge on any atom is -0.465 e. The fourth-order valence-electron chi connectivity index (χ4n) is 3.28. The molecule has 6 heteroatoms. The zero-order valence-corrected chi connectivity index (χ0v) is 16.0. The van der Waals surface area contributed by atoms with Crippen LogP contribution in [0.25, 0.3) is 0 Å². The third-order valence-electron chi connectivity index (χ3n) is 4.88. The molecule has 0 bridgehead atoms. The highest BCUT2D eigenvalue weighted by Gasteiger charge is 2.43. The summed E-state index contributed by atoms with van der Waals surface area (Å²) in [6.07, 6.45) is -0.541. The smallest absolute Gasteiger partial charge is 0.408 e. The fraction of sp³-hybridized carbons (Fsp3) is 0.579. The van der Waals surface area contributed by atoms with Gasteiger partial charge in [0.1, 0.15) is 6.04 Å². The van der Waals surface area contributed by atoms with E-state index in [1.807, 2.05) is 59.1 Å². The van der Waals surface area contributed by atoms with Gasteiger partial charge in [-0.1, -0.05) is 12.1 Å². The number of nitrogens with zero attached hydrogens (tertiary/aromatic N) is 3. The Balaban J connectivity index is 2.20. The van der Waals surface area contributed by atoms with Crippen LogP contribution in [0.4, 0.5) is 10.5 Å². The number of benzene rings is 1. The van der Waals surface area contributed by atoms with E-state index in [4.69, 9.17) is 0 Å². The second kappa shape index (κ2) is 7.04. The van der Waals surface area contributed by atoms with Crippen LogP contribution < -0.4 is 4.90 Å². The van der Waals surface area contributed by atoms with Crippen LogP contribution in [0.2, 0.25) is 0 Å². The van der Waals surface area contributed by atoms with Crippen LogP contribution in [0.3, 0.4) is 0 Å². The molecule has 6 nitrogen and oxygen atoms in total. The van der Waals surface area contributed by atoms with Crippen LogP contribution in [-0.4, -0.2) is 59.1 Å². The summed E-state index contributed by atoms with van der Waals surface area (Å²) in [5, 5.41) is 9.54. The number of carbonyl (C=O) groups excluding carboxylic acids is 1. The highest BCUT2D eigenvalue weighted by molar-refractivity contribution is 6.00.